The molecule has 0 bridgehead atoms. The molecule has 0 unspecified atom stereocenters. The van der Waals surface area contributed by atoms with E-state index in [9.17, 15) is 9.18 Å². The molecule has 1 aromatic rings. The summed E-state index contributed by atoms with van der Waals surface area (Å²) in [5, 5.41) is 0. The lowest BCUT2D eigenvalue weighted by molar-refractivity contribution is 0.00578. The minimum Gasteiger partial charge on any atom is -0.403 e. The van der Waals surface area contributed by atoms with Crippen molar-refractivity contribution in [1.29, 1.82) is 0 Å². The first kappa shape index (κ1) is 16.2. The van der Waals surface area contributed by atoms with E-state index in [0.717, 1.165) is 0 Å². The van der Waals surface area contributed by atoms with Crippen molar-refractivity contribution >= 4 is 12.9 Å². The van der Waals surface area contributed by atoms with Gasteiger partial charge >= 0.3 is 7.12 Å². The Hall–Kier alpha value is -1.20. The maximum Gasteiger partial charge on any atom is 0.457 e. The molecule has 0 spiro atoms. The molecule has 0 aromatic heterocycles. The third-order valence-electron chi connectivity index (χ3n) is 4.31. The highest BCUT2D eigenvalue weighted by molar-refractivity contribution is 6.45. The SMILES string of the molecule is CC1(C)OB(CCCC(=O)c2ccc(F)cc2)OC1(C)C. The van der Waals surface area contributed by atoms with Crippen molar-refractivity contribution in [2.24, 2.45) is 0 Å². The molecule has 2 rings (SSSR count). The number of hydrogen-bond donors (Lipinski definition) is 0. The van der Waals surface area contributed by atoms with E-state index in [1.165, 1.54) is 24.3 Å². The van der Waals surface area contributed by atoms with Gasteiger partial charge in [-0.15, -0.1) is 0 Å². The molecule has 0 aliphatic carbocycles. The van der Waals surface area contributed by atoms with Crippen LogP contribution >= 0.6 is 0 Å². The summed E-state index contributed by atoms with van der Waals surface area (Å²) in [6, 6.07) is 5.65. The lowest BCUT2D eigenvalue weighted by Gasteiger charge is -2.32. The molecule has 1 aromatic carbocycles. The number of carbonyl (C=O) groups excluding carboxylic acids is 1. The fourth-order valence-electron chi connectivity index (χ4n) is 2.29. The Kier molecular flexibility index (Phi) is 4.54. The molecule has 114 valence electrons. The third-order valence-corrected chi connectivity index (χ3v) is 4.31. The predicted molar refractivity (Wildman–Crippen MR) is 80.9 cm³/mol. The molecule has 1 heterocycles. The van der Waals surface area contributed by atoms with Crippen LogP contribution in [0, 0.1) is 5.82 Å². The summed E-state index contributed by atoms with van der Waals surface area (Å²) >= 11 is 0. The highest BCUT2D eigenvalue weighted by atomic mass is 19.1. The van der Waals surface area contributed by atoms with Gasteiger partial charge in [0.2, 0.25) is 0 Å². The van der Waals surface area contributed by atoms with Gasteiger partial charge in [-0.1, -0.05) is 0 Å². The minimum absolute atomic E-state index is 0.0199. The largest absolute Gasteiger partial charge is 0.457 e. The van der Waals surface area contributed by atoms with E-state index in [1.807, 2.05) is 27.7 Å². The molecule has 1 saturated heterocycles. The number of halogens is 1. The molecule has 3 nitrogen and oxygen atoms in total. The predicted octanol–water partition coefficient (Wildman–Crippen LogP) is 3.88. The third kappa shape index (κ3) is 3.72. The van der Waals surface area contributed by atoms with Gasteiger partial charge in [0.05, 0.1) is 11.2 Å². The van der Waals surface area contributed by atoms with E-state index in [4.69, 9.17) is 9.31 Å². The van der Waals surface area contributed by atoms with Crippen LogP contribution in [-0.2, 0) is 9.31 Å². The van der Waals surface area contributed by atoms with E-state index in [0.29, 0.717) is 24.7 Å². The Labute approximate surface area is 126 Å². The van der Waals surface area contributed by atoms with Gasteiger partial charge in [-0.2, -0.15) is 0 Å². The van der Waals surface area contributed by atoms with Crippen LogP contribution < -0.4 is 0 Å². The zero-order valence-electron chi connectivity index (χ0n) is 13.1. The van der Waals surface area contributed by atoms with Crippen molar-refractivity contribution in [2.45, 2.75) is 58.1 Å². The molecule has 0 atom stereocenters. The van der Waals surface area contributed by atoms with E-state index in [-0.39, 0.29) is 29.9 Å². The molecule has 0 N–H and O–H groups in total. The van der Waals surface area contributed by atoms with Crippen LogP contribution in [0.2, 0.25) is 6.32 Å². The van der Waals surface area contributed by atoms with E-state index < -0.39 is 0 Å². The van der Waals surface area contributed by atoms with Gasteiger partial charge in [-0.3, -0.25) is 4.79 Å². The van der Waals surface area contributed by atoms with Crippen LogP contribution in [0.4, 0.5) is 4.39 Å². The highest BCUT2D eigenvalue weighted by Crippen LogP contribution is 2.38. The summed E-state index contributed by atoms with van der Waals surface area (Å²) in [6.07, 6.45) is 1.78. The van der Waals surface area contributed by atoms with Crippen molar-refractivity contribution in [3.63, 3.8) is 0 Å². The van der Waals surface area contributed by atoms with Crippen LogP contribution in [0.1, 0.15) is 50.9 Å². The van der Waals surface area contributed by atoms with E-state index in [1.54, 1.807) is 0 Å². The first-order valence-corrected chi connectivity index (χ1v) is 7.36. The molecule has 0 saturated carbocycles. The quantitative estimate of drug-likeness (QED) is 0.610. The normalized spacial score (nSPS) is 19.8. The van der Waals surface area contributed by atoms with Crippen LogP contribution in [0.25, 0.3) is 0 Å². The Morgan fingerprint density at radius 3 is 2.14 bits per heavy atom. The second kappa shape index (κ2) is 5.89. The van der Waals surface area contributed by atoms with E-state index in [2.05, 4.69) is 0 Å². The van der Waals surface area contributed by atoms with Gasteiger partial charge in [-0.25, -0.2) is 4.39 Å². The first-order valence-electron chi connectivity index (χ1n) is 7.36. The van der Waals surface area contributed by atoms with Gasteiger partial charge in [0.1, 0.15) is 5.82 Å². The maximum atomic E-state index is 12.8. The van der Waals surface area contributed by atoms with Crippen LogP contribution in [0.15, 0.2) is 24.3 Å². The summed E-state index contributed by atoms with van der Waals surface area (Å²) in [7, 11) is -0.268. The molecule has 0 amide bonds. The van der Waals surface area contributed by atoms with E-state index >= 15 is 0 Å². The van der Waals surface area contributed by atoms with Gasteiger partial charge in [0.15, 0.2) is 5.78 Å². The average Bonchev–Trinajstić information content (AvgIpc) is 2.58. The molecular weight excluding hydrogens is 270 g/mol. The maximum absolute atomic E-state index is 12.8. The Morgan fingerprint density at radius 2 is 1.62 bits per heavy atom. The second-order valence-electron chi connectivity index (χ2n) is 6.51. The van der Waals surface area contributed by atoms with Crippen molar-refractivity contribution in [2.75, 3.05) is 0 Å². The molecule has 1 aliphatic rings. The van der Waals surface area contributed by atoms with Crippen LogP contribution in [-0.4, -0.2) is 24.1 Å². The first-order chi connectivity index (χ1) is 9.71. The number of benzene rings is 1. The summed E-state index contributed by atoms with van der Waals surface area (Å²) in [5.41, 5.74) is -0.123. The van der Waals surface area contributed by atoms with Crippen LogP contribution in [0.5, 0.6) is 0 Å². The number of hydrogen-bond acceptors (Lipinski definition) is 3. The topological polar surface area (TPSA) is 35.5 Å². The molecular formula is C16H22BFO3. The Balaban J connectivity index is 1.80. The number of ketones is 1. The fourth-order valence-corrected chi connectivity index (χ4v) is 2.29. The molecule has 21 heavy (non-hydrogen) atoms. The summed E-state index contributed by atoms with van der Waals surface area (Å²) in [6.45, 7) is 8.04. The minimum atomic E-state index is -0.335. The second-order valence-corrected chi connectivity index (χ2v) is 6.51. The molecule has 1 fully saturated rings. The van der Waals surface area contributed by atoms with Crippen molar-refractivity contribution in [3.8, 4) is 0 Å². The van der Waals surface area contributed by atoms with Gasteiger partial charge in [-0.05, 0) is 64.7 Å². The summed E-state index contributed by atoms with van der Waals surface area (Å²) < 4.78 is 24.6. The monoisotopic (exact) mass is 292 g/mol. The summed E-state index contributed by atoms with van der Waals surface area (Å²) in [4.78, 5) is 12.0. The van der Waals surface area contributed by atoms with Crippen LogP contribution in [0.3, 0.4) is 0 Å². The Bertz CT molecular complexity index is 495. The number of rotatable bonds is 5. The fraction of sp³-hybridized carbons (Fsp3) is 0.562. The molecule has 5 heteroatoms. The van der Waals surface area contributed by atoms with Crippen molar-refractivity contribution < 1.29 is 18.5 Å². The zero-order valence-corrected chi connectivity index (χ0v) is 13.1. The molecule has 1 aliphatic heterocycles. The number of carbonyl (C=O) groups is 1. The number of Topliss-reactive ketones (excluding diaryl/α,β-unsaturated/α-hetero) is 1. The van der Waals surface area contributed by atoms with Gasteiger partial charge in [0, 0.05) is 12.0 Å². The highest BCUT2D eigenvalue weighted by Gasteiger charge is 2.50. The lowest BCUT2D eigenvalue weighted by atomic mass is 9.82. The standard InChI is InChI=1S/C16H22BFO3/c1-15(2)16(3,4)21-17(20-15)11-5-6-14(19)12-7-9-13(18)10-8-12/h7-10H,5-6,11H2,1-4H3. The van der Waals surface area contributed by atoms with Gasteiger partial charge in [0.25, 0.3) is 0 Å². The van der Waals surface area contributed by atoms with Crippen molar-refractivity contribution in [1.82, 2.24) is 0 Å². The average molecular weight is 292 g/mol. The Morgan fingerprint density at radius 1 is 1.10 bits per heavy atom. The smallest absolute Gasteiger partial charge is 0.403 e. The summed E-state index contributed by atoms with van der Waals surface area (Å²) in [5.74, 6) is -0.310. The van der Waals surface area contributed by atoms with Gasteiger partial charge < -0.3 is 9.31 Å². The van der Waals surface area contributed by atoms with Crippen molar-refractivity contribution in [3.05, 3.63) is 35.6 Å². The molecule has 0 radical (unpaired) electrons. The lowest BCUT2D eigenvalue weighted by Crippen LogP contribution is -2.41. The zero-order chi connectivity index (χ0) is 15.7.